The smallest absolute Gasteiger partial charge is 0.100 e. The fourth-order valence-corrected chi connectivity index (χ4v) is 3.34. The predicted molar refractivity (Wildman–Crippen MR) is 67.8 cm³/mol. The standard InChI is InChI=1S/C14H23NO2/c1-3-15(4-2)14(8-5-6-9-14)13(16)12-7-10-17-11-12/h7,10-11,13,16H,3-6,8-9H2,1-2H3. The second-order valence-electron chi connectivity index (χ2n) is 4.94. The summed E-state index contributed by atoms with van der Waals surface area (Å²) in [6, 6.07) is 1.88. The van der Waals surface area contributed by atoms with Crippen LogP contribution in [0.15, 0.2) is 23.0 Å². The minimum atomic E-state index is -0.427. The molecular weight excluding hydrogens is 214 g/mol. The molecule has 1 fully saturated rings. The van der Waals surface area contributed by atoms with Gasteiger partial charge in [0.05, 0.1) is 18.1 Å². The van der Waals surface area contributed by atoms with Gasteiger partial charge in [0.2, 0.25) is 0 Å². The summed E-state index contributed by atoms with van der Waals surface area (Å²) in [5.41, 5.74) is 0.840. The van der Waals surface area contributed by atoms with Gasteiger partial charge in [0, 0.05) is 5.56 Å². The van der Waals surface area contributed by atoms with Crippen LogP contribution in [0.1, 0.15) is 51.2 Å². The lowest BCUT2D eigenvalue weighted by molar-refractivity contribution is -0.0271. The molecule has 1 atom stereocenters. The molecule has 0 spiro atoms. The molecule has 1 N–H and O–H groups in total. The van der Waals surface area contributed by atoms with Crippen LogP contribution in [0.3, 0.4) is 0 Å². The number of aliphatic hydroxyl groups is 1. The third-order valence-electron chi connectivity index (χ3n) is 4.23. The maximum absolute atomic E-state index is 10.7. The fraction of sp³-hybridized carbons (Fsp3) is 0.714. The van der Waals surface area contributed by atoms with Crippen LogP contribution in [0.4, 0.5) is 0 Å². The van der Waals surface area contributed by atoms with Gasteiger partial charge < -0.3 is 9.52 Å². The lowest BCUT2D eigenvalue weighted by Gasteiger charge is -2.43. The number of furan rings is 1. The van der Waals surface area contributed by atoms with Crippen LogP contribution in [0, 0.1) is 0 Å². The van der Waals surface area contributed by atoms with Gasteiger partial charge in [0.1, 0.15) is 6.10 Å². The van der Waals surface area contributed by atoms with E-state index in [1.807, 2.05) is 6.07 Å². The zero-order valence-electron chi connectivity index (χ0n) is 10.9. The summed E-state index contributed by atoms with van der Waals surface area (Å²) >= 11 is 0. The minimum Gasteiger partial charge on any atom is -0.472 e. The van der Waals surface area contributed by atoms with Gasteiger partial charge in [-0.15, -0.1) is 0 Å². The van der Waals surface area contributed by atoms with E-state index in [-0.39, 0.29) is 5.54 Å². The number of hydrogen-bond donors (Lipinski definition) is 1. The first kappa shape index (κ1) is 12.7. The van der Waals surface area contributed by atoms with Crippen LogP contribution in [0.5, 0.6) is 0 Å². The molecule has 0 radical (unpaired) electrons. The Morgan fingerprint density at radius 3 is 2.47 bits per heavy atom. The average molecular weight is 237 g/mol. The van der Waals surface area contributed by atoms with Crippen LogP contribution in [0.25, 0.3) is 0 Å². The van der Waals surface area contributed by atoms with Crippen molar-refractivity contribution in [3.8, 4) is 0 Å². The quantitative estimate of drug-likeness (QED) is 0.855. The summed E-state index contributed by atoms with van der Waals surface area (Å²) in [5.74, 6) is 0. The Bertz CT molecular complexity index is 324. The van der Waals surface area contributed by atoms with Crippen molar-refractivity contribution in [1.29, 1.82) is 0 Å². The summed E-state index contributed by atoms with van der Waals surface area (Å²) < 4.78 is 5.11. The van der Waals surface area contributed by atoms with Crippen molar-refractivity contribution >= 4 is 0 Å². The molecule has 1 heterocycles. The molecular formula is C14H23NO2. The van der Waals surface area contributed by atoms with Gasteiger partial charge in [-0.25, -0.2) is 0 Å². The molecule has 17 heavy (non-hydrogen) atoms. The fourth-order valence-electron chi connectivity index (χ4n) is 3.34. The minimum absolute atomic E-state index is 0.0760. The van der Waals surface area contributed by atoms with E-state index in [4.69, 9.17) is 4.42 Å². The molecule has 3 nitrogen and oxygen atoms in total. The normalized spacial score (nSPS) is 20.9. The first-order valence-corrected chi connectivity index (χ1v) is 6.70. The van der Waals surface area contributed by atoms with Crippen molar-refractivity contribution in [1.82, 2.24) is 4.90 Å². The summed E-state index contributed by atoms with van der Waals surface area (Å²) in [7, 11) is 0. The average Bonchev–Trinajstić information content (AvgIpc) is 3.02. The zero-order chi connectivity index (χ0) is 12.3. The Labute approximate surface area is 103 Å². The maximum Gasteiger partial charge on any atom is 0.100 e. The number of aliphatic hydroxyl groups excluding tert-OH is 1. The van der Waals surface area contributed by atoms with Gasteiger partial charge in [0.15, 0.2) is 0 Å². The molecule has 0 aromatic carbocycles. The highest BCUT2D eigenvalue weighted by Crippen LogP contribution is 2.44. The highest BCUT2D eigenvalue weighted by Gasteiger charge is 2.45. The Kier molecular flexibility index (Phi) is 3.89. The van der Waals surface area contributed by atoms with Crippen LogP contribution in [-0.2, 0) is 0 Å². The lowest BCUT2D eigenvalue weighted by Crippen LogP contribution is -2.50. The molecule has 1 aliphatic rings. The van der Waals surface area contributed by atoms with Crippen molar-refractivity contribution in [2.45, 2.75) is 51.2 Å². The number of hydrogen-bond acceptors (Lipinski definition) is 3. The summed E-state index contributed by atoms with van der Waals surface area (Å²) in [4.78, 5) is 2.41. The number of likely N-dealkylation sites (N-methyl/N-ethyl adjacent to an activating group) is 1. The predicted octanol–water partition coefficient (Wildman–Crippen LogP) is 2.97. The molecule has 0 aliphatic heterocycles. The van der Waals surface area contributed by atoms with Gasteiger partial charge in [0.25, 0.3) is 0 Å². The van der Waals surface area contributed by atoms with Gasteiger partial charge in [-0.3, -0.25) is 4.90 Å². The second-order valence-corrected chi connectivity index (χ2v) is 4.94. The molecule has 1 aromatic rings. The molecule has 2 rings (SSSR count). The summed E-state index contributed by atoms with van der Waals surface area (Å²) in [6.45, 7) is 6.33. The Hall–Kier alpha value is -0.800. The van der Waals surface area contributed by atoms with E-state index < -0.39 is 6.10 Å². The molecule has 3 heteroatoms. The maximum atomic E-state index is 10.7. The molecule has 1 unspecified atom stereocenters. The van der Waals surface area contributed by atoms with Gasteiger partial charge in [-0.2, -0.15) is 0 Å². The van der Waals surface area contributed by atoms with Crippen molar-refractivity contribution in [2.75, 3.05) is 13.1 Å². The van der Waals surface area contributed by atoms with E-state index in [0.29, 0.717) is 0 Å². The van der Waals surface area contributed by atoms with E-state index in [9.17, 15) is 5.11 Å². The Morgan fingerprint density at radius 2 is 2.00 bits per heavy atom. The van der Waals surface area contributed by atoms with E-state index in [0.717, 1.165) is 31.5 Å². The summed E-state index contributed by atoms with van der Waals surface area (Å²) in [6.07, 6.45) is 7.49. The molecule has 1 aliphatic carbocycles. The van der Waals surface area contributed by atoms with Crippen molar-refractivity contribution in [3.05, 3.63) is 24.2 Å². The largest absolute Gasteiger partial charge is 0.472 e. The van der Waals surface area contributed by atoms with Crippen molar-refractivity contribution < 1.29 is 9.52 Å². The van der Waals surface area contributed by atoms with Crippen LogP contribution >= 0.6 is 0 Å². The molecule has 96 valence electrons. The number of nitrogens with zero attached hydrogens (tertiary/aromatic N) is 1. The SMILES string of the molecule is CCN(CC)C1(C(O)c2ccoc2)CCCC1. The topological polar surface area (TPSA) is 36.6 Å². The third kappa shape index (κ3) is 2.14. The highest BCUT2D eigenvalue weighted by molar-refractivity contribution is 5.17. The third-order valence-corrected chi connectivity index (χ3v) is 4.23. The Morgan fingerprint density at radius 1 is 1.35 bits per heavy atom. The van der Waals surface area contributed by atoms with E-state index in [2.05, 4.69) is 18.7 Å². The lowest BCUT2D eigenvalue weighted by atomic mass is 9.85. The van der Waals surface area contributed by atoms with Gasteiger partial charge >= 0.3 is 0 Å². The van der Waals surface area contributed by atoms with Crippen LogP contribution in [-0.4, -0.2) is 28.6 Å². The van der Waals surface area contributed by atoms with E-state index in [1.54, 1.807) is 12.5 Å². The van der Waals surface area contributed by atoms with Crippen molar-refractivity contribution in [3.63, 3.8) is 0 Å². The van der Waals surface area contributed by atoms with Crippen LogP contribution in [0.2, 0.25) is 0 Å². The molecule has 0 amide bonds. The van der Waals surface area contributed by atoms with Crippen LogP contribution < -0.4 is 0 Å². The zero-order valence-corrected chi connectivity index (χ0v) is 10.9. The molecule has 1 aromatic heterocycles. The van der Waals surface area contributed by atoms with Gasteiger partial charge in [-0.05, 0) is 32.0 Å². The van der Waals surface area contributed by atoms with E-state index in [1.165, 1.54) is 12.8 Å². The first-order chi connectivity index (χ1) is 8.24. The first-order valence-electron chi connectivity index (χ1n) is 6.70. The molecule has 0 bridgehead atoms. The number of rotatable bonds is 5. The summed E-state index contributed by atoms with van der Waals surface area (Å²) in [5, 5.41) is 10.7. The molecule has 1 saturated carbocycles. The van der Waals surface area contributed by atoms with Gasteiger partial charge in [-0.1, -0.05) is 26.7 Å². The molecule has 0 saturated heterocycles. The highest BCUT2D eigenvalue weighted by atomic mass is 16.3. The Balaban J connectivity index is 2.27. The van der Waals surface area contributed by atoms with E-state index >= 15 is 0 Å². The van der Waals surface area contributed by atoms with Crippen molar-refractivity contribution in [2.24, 2.45) is 0 Å². The monoisotopic (exact) mass is 237 g/mol. The second kappa shape index (κ2) is 5.23.